The molecule has 0 saturated carbocycles. The molecule has 0 saturated heterocycles. The van der Waals surface area contributed by atoms with Crippen LogP contribution in [0, 0.1) is 11.8 Å². The fourth-order valence-electron chi connectivity index (χ4n) is 1.88. The van der Waals surface area contributed by atoms with Crippen molar-refractivity contribution >= 4 is 22.8 Å². The third kappa shape index (κ3) is 3.24. The summed E-state index contributed by atoms with van der Waals surface area (Å²) in [4.78, 5) is 16.1. The van der Waals surface area contributed by atoms with Crippen LogP contribution in [-0.4, -0.2) is 29.4 Å². The molecular weight excluding hydrogens is 222 g/mol. The number of carbonyl (C=O) groups excluding carboxylic acids is 1. The molecule has 4 heteroatoms. The van der Waals surface area contributed by atoms with E-state index in [1.54, 1.807) is 11.8 Å². The van der Waals surface area contributed by atoms with E-state index in [1.165, 1.54) is 0 Å². The van der Waals surface area contributed by atoms with Crippen LogP contribution in [0.2, 0.25) is 0 Å². The molecule has 0 fully saturated rings. The lowest BCUT2D eigenvalue weighted by Gasteiger charge is -2.16. The van der Waals surface area contributed by atoms with Crippen LogP contribution in [-0.2, 0) is 9.53 Å². The largest absolute Gasteiger partial charge is 0.464 e. The number of thioether (sulfide) groups is 1. The van der Waals surface area contributed by atoms with Gasteiger partial charge in [-0.05, 0) is 25.0 Å². The van der Waals surface area contributed by atoms with E-state index in [1.807, 2.05) is 6.92 Å². The molecule has 0 aliphatic carbocycles. The van der Waals surface area contributed by atoms with Crippen molar-refractivity contribution in [2.75, 3.05) is 12.4 Å². The summed E-state index contributed by atoms with van der Waals surface area (Å²) in [5.41, 5.74) is 0. The van der Waals surface area contributed by atoms with Gasteiger partial charge in [-0.1, -0.05) is 20.8 Å². The molecule has 0 aromatic rings. The first kappa shape index (κ1) is 13.6. The number of carbonyl (C=O) groups is 1. The topological polar surface area (TPSA) is 38.7 Å². The zero-order chi connectivity index (χ0) is 12.1. The lowest BCUT2D eigenvalue weighted by atomic mass is 9.93. The van der Waals surface area contributed by atoms with E-state index in [9.17, 15) is 4.79 Å². The number of rotatable bonds is 4. The Kier molecular flexibility index (Phi) is 5.32. The second-order valence-electron chi connectivity index (χ2n) is 4.25. The highest BCUT2D eigenvalue weighted by atomic mass is 32.2. The van der Waals surface area contributed by atoms with Crippen LogP contribution in [0.4, 0.5) is 0 Å². The monoisotopic (exact) mass is 243 g/mol. The van der Waals surface area contributed by atoms with E-state index in [4.69, 9.17) is 4.74 Å². The quantitative estimate of drug-likeness (QED) is 0.713. The number of aliphatic imine (C=N–C) groups is 1. The highest BCUT2D eigenvalue weighted by molar-refractivity contribution is 8.13. The van der Waals surface area contributed by atoms with Gasteiger partial charge in [-0.2, -0.15) is 0 Å². The Labute approximate surface area is 102 Å². The first-order chi connectivity index (χ1) is 7.60. The minimum atomic E-state index is -0.263. The molecule has 1 aliphatic heterocycles. The van der Waals surface area contributed by atoms with E-state index < -0.39 is 0 Å². The molecule has 0 aromatic heterocycles. The SMILES string of the molecule is CCOC(=O)[C@@H]1C[C@H](C(C)C)C(SCC)=N1. The summed E-state index contributed by atoms with van der Waals surface area (Å²) in [5.74, 6) is 1.81. The van der Waals surface area contributed by atoms with E-state index in [-0.39, 0.29) is 12.0 Å². The van der Waals surface area contributed by atoms with Gasteiger partial charge in [0.15, 0.2) is 0 Å². The van der Waals surface area contributed by atoms with Crippen LogP contribution in [0.1, 0.15) is 34.1 Å². The summed E-state index contributed by atoms with van der Waals surface area (Å²) in [6.45, 7) is 8.75. The molecule has 0 amide bonds. The van der Waals surface area contributed by atoms with E-state index >= 15 is 0 Å². The van der Waals surface area contributed by atoms with Crippen LogP contribution < -0.4 is 0 Å². The Morgan fingerprint density at radius 1 is 1.56 bits per heavy atom. The zero-order valence-electron chi connectivity index (χ0n) is 10.5. The highest BCUT2D eigenvalue weighted by Crippen LogP contribution is 2.32. The molecule has 92 valence electrons. The van der Waals surface area contributed by atoms with Crippen molar-refractivity contribution in [3.05, 3.63) is 0 Å². The Hall–Kier alpha value is -0.510. The summed E-state index contributed by atoms with van der Waals surface area (Å²) >= 11 is 1.76. The van der Waals surface area contributed by atoms with Crippen LogP contribution in [0.3, 0.4) is 0 Å². The van der Waals surface area contributed by atoms with Crippen molar-refractivity contribution in [2.45, 2.75) is 40.2 Å². The smallest absolute Gasteiger partial charge is 0.330 e. The average molecular weight is 243 g/mol. The first-order valence-corrected chi connectivity index (χ1v) is 6.95. The predicted molar refractivity (Wildman–Crippen MR) is 68.9 cm³/mol. The van der Waals surface area contributed by atoms with Crippen molar-refractivity contribution < 1.29 is 9.53 Å². The zero-order valence-corrected chi connectivity index (χ0v) is 11.3. The molecule has 0 unspecified atom stereocenters. The summed E-state index contributed by atoms with van der Waals surface area (Å²) in [6.07, 6.45) is 0.818. The van der Waals surface area contributed by atoms with Crippen molar-refractivity contribution in [3.63, 3.8) is 0 Å². The van der Waals surface area contributed by atoms with Gasteiger partial charge >= 0.3 is 5.97 Å². The number of esters is 1. The lowest BCUT2D eigenvalue weighted by Crippen LogP contribution is -2.21. The normalized spacial score (nSPS) is 24.7. The van der Waals surface area contributed by atoms with Gasteiger partial charge in [0.05, 0.1) is 11.7 Å². The Bertz CT molecular complexity index is 276. The molecule has 0 bridgehead atoms. The van der Waals surface area contributed by atoms with Gasteiger partial charge in [0.25, 0.3) is 0 Å². The molecule has 2 atom stereocenters. The maximum Gasteiger partial charge on any atom is 0.330 e. The third-order valence-corrected chi connectivity index (χ3v) is 3.73. The van der Waals surface area contributed by atoms with Gasteiger partial charge < -0.3 is 4.74 Å². The van der Waals surface area contributed by atoms with Gasteiger partial charge in [-0.3, -0.25) is 4.99 Å². The molecule has 1 rings (SSSR count). The van der Waals surface area contributed by atoms with Gasteiger partial charge in [0.1, 0.15) is 6.04 Å². The Morgan fingerprint density at radius 2 is 2.25 bits per heavy atom. The fourth-order valence-corrected chi connectivity index (χ4v) is 2.96. The third-order valence-electron chi connectivity index (χ3n) is 2.73. The molecule has 0 spiro atoms. The number of ether oxygens (including phenoxy) is 1. The predicted octanol–water partition coefficient (Wildman–Crippen LogP) is 2.75. The van der Waals surface area contributed by atoms with Crippen LogP contribution >= 0.6 is 11.8 Å². The van der Waals surface area contributed by atoms with Crippen molar-refractivity contribution in [2.24, 2.45) is 16.8 Å². The van der Waals surface area contributed by atoms with Crippen molar-refractivity contribution in [1.82, 2.24) is 0 Å². The molecular formula is C12H21NO2S. The molecule has 0 radical (unpaired) electrons. The molecule has 3 nitrogen and oxygen atoms in total. The van der Waals surface area contributed by atoms with Gasteiger partial charge in [0, 0.05) is 5.92 Å². The Morgan fingerprint density at radius 3 is 2.75 bits per heavy atom. The van der Waals surface area contributed by atoms with Crippen LogP contribution in [0.25, 0.3) is 0 Å². The number of nitrogens with zero attached hydrogens (tertiary/aromatic N) is 1. The van der Waals surface area contributed by atoms with Gasteiger partial charge in [-0.15, -0.1) is 11.8 Å². The molecule has 0 aromatic carbocycles. The maximum atomic E-state index is 11.6. The summed E-state index contributed by atoms with van der Waals surface area (Å²) in [7, 11) is 0. The molecule has 16 heavy (non-hydrogen) atoms. The summed E-state index contributed by atoms with van der Waals surface area (Å²) in [5, 5.41) is 1.13. The van der Waals surface area contributed by atoms with E-state index in [0.717, 1.165) is 17.2 Å². The van der Waals surface area contributed by atoms with Gasteiger partial charge in [0.2, 0.25) is 0 Å². The maximum absolute atomic E-state index is 11.6. The minimum Gasteiger partial charge on any atom is -0.464 e. The summed E-state index contributed by atoms with van der Waals surface area (Å²) < 4.78 is 5.03. The minimum absolute atomic E-state index is 0.167. The van der Waals surface area contributed by atoms with E-state index in [2.05, 4.69) is 25.8 Å². The van der Waals surface area contributed by atoms with Gasteiger partial charge in [-0.25, -0.2) is 4.79 Å². The molecule has 0 N–H and O–H groups in total. The van der Waals surface area contributed by atoms with E-state index in [0.29, 0.717) is 18.4 Å². The van der Waals surface area contributed by atoms with Crippen molar-refractivity contribution in [3.8, 4) is 0 Å². The van der Waals surface area contributed by atoms with Crippen LogP contribution in [0.5, 0.6) is 0 Å². The van der Waals surface area contributed by atoms with Crippen LogP contribution in [0.15, 0.2) is 4.99 Å². The number of hydrogen-bond donors (Lipinski definition) is 0. The lowest BCUT2D eigenvalue weighted by molar-refractivity contribution is -0.144. The standard InChI is InChI=1S/C12H21NO2S/c1-5-15-12(14)10-7-9(8(3)4)11(13-10)16-6-2/h8-10H,5-7H2,1-4H3/t9-,10+/m1/s1. The highest BCUT2D eigenvalue weighted by Gasteiger charge is 2.34. The van der Waals surface area contributed by atoms with Crippen molar-refractivity contribution in [1.29, 1.82) is 0 Å². The Balaban J connectivity index is 2.68. The fraction of sp³-hybridized carbons (Fsp3) is 0.833. The average Bonchev–Trinajstić information content (AvgIpc) is 2.63. The summed E-state index contributed by atoms with van der Waals surface area (Å²) in [6, 6.07) is -0.263. The molecule has 1 aliphatic rings. The molecule has 1 heterocycles. The second kappa shape index (κ2) is 6.28. The number of hydrogen-bond acceptors (Lipinski definition) is 4. The second-order valence-corrected chi connectivity index (χ2v) is 5.54. The first-order valence-electron chi connectivity index (χ1n) is 5.97.